The largest absolute Gasteiger partial charge is 0.457 e. The van der Waals surface area contributed by atoms with Crippen molar-refractivity contribution < 1.29 is 4.42 Å². The maximum Gasteiger partial charge on any atom is 0.152 e. The standard InChI is InChI=1S/C15H14ClNOS/c1-9-6-7-19-15(9)13(17-2)12-8-10-4-3-5-11(16)14(10)18-12/h3-8,13,17H,1-2H3. The minimum Gasteiger partial charge on any atom is -0.457 e. The Labute approximate surface area is 121 Å². The van der Waals surface area contributed by atoms with Crippen molar-refractivity contribution >= 4 is 33.9 Å². The summed E-state index contributed by atoms with van der Waals surface area (Å²) in [6, 6.07) is 10.1. The Morgan fingerprint density at radius 3 is 2.79 bits per heavy atom. The lowest BCUT2D eigenvalue weighted by Gasteiger charge is -2.12. The van der Waals surface area contributed by atoms with Crippen LogP contribution in [0.1, 0.15) is 22.2 Å². The molecule has 0 aliphatic carbocycles. The lowest BCUT2D eigenvalue weighted by atomic mass is 10.1. The number of hydrogen-bond acceptors (Lipinski definition) is 3. The van der Waals surface area contributed by atoms with Gasteiger partial charge in [0.2, 0.25) is 0 Å². The molecule has 3 aromatic rings. The van der Waals surface area contributed by atoms with Gasteiger partial charge in [0.1, 0.15) is 11.8 Å². The molecule has 0 saturated carbocycles. The van der Waals surface area contributed by atoms with Crippen LogP contribution in [0.3, 0.4) is 0 Å². The highest BCUT2D eigenvalue weighted by atomic mass is 35.5. The Morgan fingerprint density at radius 2 is 2.16 bits per heavy atom. The summed E-state index contributed by atoms with van der Waals surface area (Å²) in [5.74, 6) is 0.899. The number of hydrogen-bond donors (Lipinski definition) is 1. The van der Waals surface area contributed by atoms with Gasteiger partial charge >= 0.3 is 0 Å². The Bertz CT molecular complexity index is 716. The van der Waals surface area contributed by atoms with E-state index in [4.69, 9.17) is 16.0 Å². The van der Waals surface area contributed by atoms with E-state index < -0.39 is 0 Å². The number of aryl methyl sites for hydroxylation is 1. The number of thiophene rings is 1. The molecule has 2 aromatic heterocycles. The van der Waals surface area contributed by atoms with Crippen LogP contribution in [0, 0.1) is 6.92 Å². The van der Waals surface area contributed by atoms with Gasteiger partial charge in [-0.25, -0.2) is 0 Å². The molecular formula is C15H14ClNOS. The van der Waals surface area contributed by atoms with Gasteiger partial charge in [0.15, 0.2) is 5.58 Å². The summed E-state index contributed by atoms with van der Waals surface area (Å²) < 4.78 is 5.94. The van der Waals surface area contributed by atoms with Crippen LogP contribution in [-0.4, -0.2) is 7.05 Å². The quantitative estimate of drug-likeness (QED) is 0.752. The zero-order valence-electron chi connectivity index (χ0n) is 10.7. The summed E-state index contributed by atoms with van der Waals surface area (Å²) in [6.45, 7) is 2.12. The second-order valence-electron chi connectivity index (χ2n) is 4.50. The molecule has 0 aliphatic heterocycles. The molecule has 0 saturated heterocycles. The highest BCUT2D eigenvalue weighted by Gasteiger charge is 2.20. The average molecular weight is 292 g/mol. The van der Waals surface area contributed by atoms with Crippen LogP contribution in [0.5, 0.6) is 0 Å². The first-order valence-corrected chi connectivity index (χ1v) is 7.35. The topological polar surface area (TPSA) is 25.2 Å². The third-order valence-electron chi connectivity index (χ3n) is 3.25. The zero-order chi connectivity index (χ0) is 13.4. The normalized spacial score (nSPS) is 13.0. The van der Waals surface area contributed by atoms with Gasteiger partial charge < -0.3 is 9.73 Å². The van der Waals surface area contributed by atoms with Gasteiger partial charge in [0.25, 0.3) is 0 Å². The maximum absolute atomic E-state index is 6.16. The number of rotatable bonds is 3. The number of nitrogens with one attached hydrogen (secondary N) is 1. The van der Waals surface area contributed by atoms with Crippen LogP contribution in [0.25, 0.3) is 11.0 Å². The number of para-hydroxylation sites is 1. The molecule has 0 bridgehead atoms. The zero-order valence-corrected chi connectivity index (χ0v) is 12.3. The fraction of sp³-hybridized carbons (Fsp3) is 0.200. The minimum atomic E-state index is 0.0727. The molecule has 1 aromatic carbocycles. The fourth-order valence-corrected chi connectivity index (χ4v) is 3.54. The van der Waals surface area contributed by atoms with E-state index in [2.05, 4.69) is 29.8 Å². The molecule has 0 radical (unpaired) electrons. The van der Waals surface area contributed by atoms with Crippen molar-refractivity contribution in [1.82, 2.24) is 5.32 Å². The predicted octanol–water partition coefficient (Wildman–Crippen LogP) is 4.76. The van der Waals surface area contributed by atoms with Gasteiger partial charge in [-0.05, 0) is 43.1 Å². The Balaban J connectivity index is 2.12. The lowest BCUT2D eigenvalue weighted by molar-refractivity contribution is 0.494. The van der Waals surface area contributed by atoms with E-state index in [1.807, 2.05) is 25.2 Å². The van der Waals surface area contributed by atoms with E-state index in [1.54, 1.807) is 11.3 Å². The summed E-state index contributed by atoms with van der Waals surface area (Å²) in [5, 5.41) is 7.11. The van der Waals surface area contributed by atoms with E-state index in [0.29, 0.717) is 5.02 Å². The molecule has 0 amide bonds. The van der Waals surface area contributed by atoms with Crippen LogP contribution in [0.15, 0.2) is 40.1 Å². The second-order valence-corrected chi connectivity index (χ2v) is 5.85. The van der Waals surface area contributed by atoms with Gasteiger partial charge in [0.05, 0.1) is 5.02 Å². The van der Waals surface area contributed by atoms with Gasteiger partial charge in [-0.3, -0.25) is 0 Å². The fourth-order valence-electron chi connectivity index (χ4n) is 2.27. The predicted molar refractivity (Wildman–Crippen MR) is 81.2 cm³/mol. The molecule has 4 heteroatoms. The van der Waals surface area contributed by atoms with Gasteiger partial charge in [-0.2, -0.15) is 0 Å². The first-order chi connectivity index (χ1) is 9.20. The molecule has 3 rings (SSSR count). The van der Waals surface area contributed by atoms with Crippen molar-refractivity contribution in [3.63, 3.8) is 0 Å². The highest BCUT2D eigenvalue weighted by molar-refractivity contribution is 7.10. The molecule has 2 heterocycles. The molecule has 1 N–H and O–H groups in total. The molecule has 2 nitrogen and oxygen atoms in total. The van der Waals surface area contributed by atoms with Crippen LogP contribution in [0.2, 0.25) is 5.02 Å². The van der Waals surface area contributed by atoms with Gasteiger partial charge in [0, 0.05) is 10.3 Å². The molecule has 19 heavy (non-hydrogen) atoms. The molecule has 1 atom stereocenters. The monoisotopic (exact) mass is 291 g/mol. The van der Waals surface area contributed by atoms with Crippen molar-refractivity contribution in [1.29, 1.82) is 0 Å². The van der Waals surface area contributed by atoms with Gasteiger partial charge in [-0.15, -0.1) is 11.3 Å². The minimum absolute atomic E-state index is 0.0727. The van der Waals surface area contributed by atoms with Crippen molar-refractivity contribution in [3.8, 4) is 0 Å². The molecule has 0 spiro atoms. The number of fused-ring (bicyclic) bond motifs is 1. The van der Waals surface area contributed by atoms with Crippen molar-refractivity contribution in [3.05, 3.63) is 56.9 Å². The second kappa shape index (κ2) is 5.00. The first-order valence-electron chi connectivity index (χ1n) is 6.10. The molecule has 1 unspecified atom stereocenters. The average Bonchev–Trinajstić information content (AvgIpc) is 2.99. The van der Waals surface area contributed by atoms with Crippen LogP contribution in [0.4, 0.5) is 0 Å². The van der Waals surface area contributed by atoms with E-state index in [1.165, 1.54) is 10.4 Å². The maximum atomic E-state index is 6.16. The lowest BCUT2D eigenvalue weighted by Crippen LogP contribution is -2.16. The Hall–Kier alpha value is -1.29. The van der Waals surface area contributed by atoms with Crippen molar-refractivity contribution in [2.45, 2.75) is 13.0 Å². The third kappa shape index (κ3) is 2.18. The third-order valence-corrected chi connectivity index (χ3v) is 4.63. The molecular weight excluding hydrogens is 278 g/mol. The summed E-state index contributed by atoms with van der Waals surface area (Å²) in [4.78, 5) is 1.28. The summed E-state index contributed by atoms with van der Waals surface area (Å²) in [7, 11) is 1.94. The van der Waals surface area contributed by atoms with E-state index in [9.17, 15) is 0 Å². The Kier molecular flexibility index (Phi) is 3.35. The number of benzene rings is 1. The van der Waals surface area contributed by atoms with E-state index in [0.717, 1.165) is 16.7 Å². The SMILES string of the molecule is CNC(c1cc2cccc(Cl)c2o1)c1sccc1C. The number of furan rings is 1. The first kappa shape index (κ1) is 12.7. The molecule has 0 fully saturated rings. The van der Waals surface area contributed by atoms with Crippen molar-refractivity contribution in [2.75, 3.05) is 7.05 Å². The van der Waals surface area contributed by atoms with Crippen LogP contribution >= 0.6 is 22.9 Å². The van der Waals surface area contributed by atoms with E-state index >= 15 is 0 Å². The molecule has 0 aliphatic rings. The van der Waals surface area contributed by atoms with Crippen LogP contribution < -0.4 is 5.32 Å². The summed E-state index contributed by atoms with van der Waals surface area (Å²) in [6.07, 6.45) is 0. The van der Waals surface area contributed by atoms with Crippen molar-refractivity contribution in [2.24, 2.45) is 0 Å². The number of halogens is 1. The van der Waals surface area contributed by atoms with Gasteiger partial charge in [-0.1, -0.05) is 23.7 Å². The van der Waals surface area contributed by atoms with E-state index in [-0.39, 0.29) is 6.04 Å². The molecule has 98 valence electrons. The van der Waals surface area contributed by atoms with Crippen LogP contribution in [-0.2, 0) is 0 Å². The summed E-state index contributed by atoms with van der Waals surface area (Å²) in [5.41, 5.74) is 2.03. The smallest absolute Gasteiger partial charge is 0.152 e. The highest BCUT2D eigenvalue weighted by Crippen LogP contribution is 2.34. The summed E-state index contributed by atoms with van der Waals surface area (Å²) >= 11 is 7.90. The Morgan fingerprint density at radius 1 is 1.32 bits per heavy atom.